The lowest BCUT2D eigenvalue weighted by Gasteiger charge is -2.09. The molecule has 1 nitrogen and oxygen atoms in total. The van der Waals surface area contributed by atoms with E-state index in [2.05, 4.69) is 4.74 Å². The third kappa shape index (κ3) is 3.15. The first kappa shape index (κ1) is 10.3. The van der Waals surface area contributed by atoms with Crippen LogP contribution in [0.15, 0.2) is 24.3 Å². The Morgan fingerprint density at radius 1 is 1.27 bits per heavy atom. The third-order valence-electron chi connectivity index (χ3n) is 2.31. The molecule has 1 aliphatic carbocycles. The molecule has 0 radical (unpaired) electrons. The van der Waals surface area contributed by atoms with Crippen molar-refractivity contribution in [2.45, 2.75) is 24.9 Å². The Kier molecular flexibility index (Phi) is 2.59. The molecule has 0 bridgehead atoms. The fourth-order valence-corrected chi connectivity index (χ4v) is 1.44. The van der Waals surface area contributed by atoms with Gasteiger partial charge >= 0.3 is 6.18 Å². The third-order valence-corrected chi connectivity index (χ3v) is 2.31. The Morgan fingerprint density at radius 2 is 2.00 bits per heavy atom. The first-order valence-corrected chi connectivity index (χ1v) is 4.84. The standard InChI is InChI=1S/C11H11F3O/c12-11(13,14)7-15-10-3-1-2-9(6-10)8-4-5-8/h1-3,6,8H,4-5,7H2. The molecule has 1 aliphatic rings. The van der Waals surface area contributed by atoms with Crippen LogP contribution in [-0.4, -0.2) is 12.8 Å². The lowest BCUT2D eigenvalue weighted by atomic mass is 10.1. The van der Waals surface area contributed by atoms with Gasteiger partial charge in [0.2, 0.25) is 0 Å². The van der Waals surface area contributed by atoms with Gasteiger partial charge in [0.05, 0.1) is 0 Å². The van der Waals surface area contributed by atoms with Crippen molar-refractivity contribution in [2.24, 2.45) is 0 Å². The summed E-state index contributed by atoms with van der Waals surface area (Å²) in [6, 6.07) is 6.92. The van der Waals surface area contributed by atoms with Crippen molar-refractivity contribution >= 4 is 0 Å². The molecule has 0 amide bonds. The minimum atomic E-state index is -4.27. The van der Waals surface area contributed by atoms with Crippen LogP contribution in [-0.2, 0) is 0 Å². The van der Waals surface area contributed by atoms with Crippen LogP contribution in [0.1, 0.15) is 24.3 Å². The van der Waals surface area contributed by atoms with E-state index in [1.807, 2.05) is 6.07 Å². The molecular formula is C11H11F3O. The quantitative estimate of drug-likeness (QED) is 0.751. The Balaban J connectivity index is 1.99. The maximum atomic E-state index is 11.9. The molecule has 1 aromatic rings. The van der Waals surface area contributed by atoms with Crippen molar-refractivity contribution < 1.29 is 17.9 Å². The molecule has 0 spiro atoms. The number of halogens is 3. The molecule has 82 valence electrons. The van der Waals surface area contributed by atoms with E-state index in [0.29, 0.717) is 11.7 Å². The average Bonchev–Trinajstić information content (AvgIpc) is 2.97. The second kappa shape index (κ2) is 3.76. The minimum absolute atomic E-state index is 0.303. The Hall–Kier alpha value is -1.19. The summed E-state index contributed by atoms with van der Waals surface area (Å²) in [6.45, 7) is -1.22. The van der Waals surface area contributed by atoms with Gasteiger partial charge in [-0.25, -0.2) is 0 Å². The van der Waals surface area contributed by atoms with Crippen molar-refractivity contribution in [1.82, 2.24) is 0 Å². The fraction of sp³-hybridized carbons (Fsp3) is 0.455. The van der Waals surface area contributed by atoms with Crippen molar-refractivity contribution in [3.05, 3.63) is 29.8 Å². The normalized spacial score (nSPS) is 16.5. The molecule has 2 rings (SSSR count). The van der Waals surface area contributed by atoms with Gasteiger partial charge < -0.3 is 4.74 Å². The molecule has 0 heterocycles. The number of rotatable bonds is 3. The maximum Gasteiger partial charge on any atom is 0.422 e. The number of hydrogen-bond donors (Lipinski definition) is 0. The van der Waals surface area contributed by atoms with Crippen LogP contribution in [0.5, 0.6) is 5.75 Å². The number of ether oxygens (including phenoxy) is 1. The van der Waals surface area contributed by atoms with Gasteiger partial charge in [0.25, 0.3) is 0 Å². The molecule has 0 aromatic heterocycles. The van der Waals surface area contributed by atoms with Crippen molar-refractivity contribution in [3.8, 4) is 5.75 Å². The molecule has 1 fully saturated rings. The van der Waals surface area contributed by atoms with Crippen molar-refractivity contribution in [3.63, 3.8) is 0 Å². The maximum absolute atomic E-state index is 11.9. The van der Waals surface area contributed by atoms with Crippen LogP contribution in [0, 0.1) is 0 Å². The molecule has 0 saturated heterocycles. The molecule has 1 saturated carbocycles. The molecule has 15 heavy (non-hydrogen) atoms. The Morgan fingerprint density at radius 3 is 2.60 bits per heavy atom. The summed E-state index contributed by atoms with van der Waals surface area (Å²) in [4.78, 5) is 0. The van der Waals surface area contributed by atoms with Crippen LogP contribution in [0.4, 0.5) is 13.2 Å². The predicted molar refractivity (Wildman–Crippen MR) is 50.0 cm³/mol. The Labute approximate surface area is 85.9 Å². The number of alkyl halides is 3. The van der Waals surface area contributed by atoms with E-state index in [9.17, 15) is 13.2 Å². The predicted octanol–water partition coefficient (Wildman–Crippen LogP) is 3.51. The topological polar surface area (TPSA) is 9.23 Å². The van der Waals surface area contributed by atoms with Crippen LogP contribution in [0.25, 0.3) is 0 Å². The van der Waals surface area contributed by atoms with E-state index in [4.69, 9.17) is 0 Å². The van der Waals surface area contributed by atoms with Gasteiger partial charge in [-0.1, -0.05) is 12.1 Å². The zero-order valence-electron chi connectivity index (χ0n) is 8.05. The highest BCUT2D eigenvalue weighted by Gasteiger charge is 2.29. The number of hydrogen-bond acceptors (Lipinski definition) is 1. The summed E-state index contributed by atoms with van der Waals surface area (Å²) in [6.07, 6.45) is -2.01. The van der Waals surface area contributed by atoms with E-state index in [0.717, 1.165) is 18.4 Å². The highest BCUT2D eigenvalue weighted by molar-refractivity contribution is 5.32. The highest BCUT2D eigenvalue weighted by Crippen LogP contribution is 2.40. The summed E-state index contributed by atoms with van der Waals surface area (Å²) in [5.74, 6) is 0.830. The monoisotopic (exact) mass is 216 g/mol. The summed E-state index contributed by atoms with van der Waals surface area (Å²) >= 11 is 0. The van der Waals surface area contributed by atoms with Gasteiger partial charge in [-0.05, 0) is 36.5 Å². The lowest BCUT2D eigenvalue weighted by Crippen LogP contribution is -2.19. The second-order valence-corrected chi connectivity index (χ2v) is 3.75. The van der Waals surface area contributed by atoms with Gasteiger partial charge in [0, 0.05) is 0 Å². The van der Waals surface area contributed by atoms with Gasteiger partial charge in [0.1, 0.15) is 5.75 Å². The highest BCUT2D eigenvalue weighted by atomic mass is 19.4. The van der Waals surface area contributed by atoms with E-state index in [-0.39, 0.29) is 0 Å². The molecular weight excluding hydrogens is 205 g/mol. The number of benzene rings is 1. The van der Waals surface area contributed by atoms with Crippen LogP contribution in [0.2, 0.25) is 0 Å². The molecule has 0 atom stereocenters. The fourth-order valence-electron chi connectivity index (χ4n) is 1.44. The van der Waals surface area contributed by atoms with Crippen molar-refractivity contribution in [2.75, 3.05) is 6.61 Å². The van der Waals surface area contributed by atoms with Gasteiger partial charge in [-0.2, -0.15) is 13.2 Å². The van der Waals surface area contributed by atoms with Gasteiger partial charge in [-0.3, -0.25) is 0 Å². The van der Waals surface area contributed by atoms with Gasteiger partial charge in [0.15, 0.2) is 6.61 Å². The minimum Gasteiger partial charge on any atom is -0.484 e. The van der Waals surface area contributed by atoms with Crippen LogP contribution < -0.4 is 4.74 Å². The lowest BCUT2D eigenvalue weighted by molar-refractivity contribution is -0.153. The first-order chi connectivity index (χ1) is 7.04. The van der Waals surface area contributed by atoms with Crippen molar-refractivity contribution in [1.29, 1.82) is 0 Å². The molecule has 4 heteroatoms. The average molecular weight is 216 g/mol. The SMILES string of the molecule is FC(F)(F)COc1cccc(C2CC2)c1. The van der Waals surface area contributed by atoms with E-state index >= 15 is 0 Å². The summed E-state index contributed by atoms with van der Waals surface area (Å²) in [5.41, 5.74) is 1.08. The molecule has 0 N–H and O–H groups in total. The molecule has 1 aromatic carbocycles. The van der Waals surface area contributed by atoms with E-state index in [1.165, 1.54) is 0 Å². The first-order valence-electron chi connectivity index (χ1n) is 4.84. The van der Waals surface area contributed by atoms with Gasteiger partial charge in [-0.15, -0.1) is 0 Å². The van der Waals surface area contributed by atoms with Crippen LogP contribution in [0.3, 0.4) is 0 Å². The Bertz CT molecular complexity index is 342. The zero-order valence-corrected chi connectivity index (χ0v) is 8.05. The van der Waals surface area contributed by atoms with E-state index < -0.39 is 12.8 Å². The largest absolute Gasteiger partial charge is 0.484 e. The van der Waals surface area contributed by atoms with Crippen LogP contribution >= 0.6 is 0 Å². The van der Waals surface area contributed by atoms with E-state index in [1.54, 1.807) is 18.2 Å². The summed E-state index contributed by atoms with van der Waals surface area (Å²) in [7, 11) is 0. The molecule has 0 aliphatic heterocycles. The smallest absolute Gasteiger partial charge is 0.422 e. The zero-order chi connectivity index (χ0) is 10.9. The second-order valence-electron chi connectivity index (χ2n) is 3.75. The summed E-state index contributed by atoms with van der Waals surface area (Å²) in [5, 5.41) is 0. The molecule has 0 unspecified atom stereocenters. The summed E-state index contributed by atoms with van der Waals surface area (Å²) < 4.78 is 40.3.